The molecule has 0 spiro atoms. The van der Waals surface area contributed by atoms with Gasteiger partial charge in [-0.1, -0.05) is 24.3 Å². The Morgan fingerprint density at radius 1 is 1.18 bits per heavy atom. The van der Waals surface area contributed by atoms with Crippen LogP contribution in [0.5, 0.6) is 5.75 Å². The lowest BCUT2D eigenvalue weighted by atomic mass is 10.1. The summed E-state index contributed by atoms with van der Waals surface area (Å²) >= 11 is 0. The zero-order valence-electron chi connectivity index (χ0n) is 16.3. The molecule has 0 saturated carbocycles. The van der Waals surface area contributed by atoms with Crippen molar-refractivity contribution in [1.82, 2.24) is 4.98 Å². The van der Waals surface area contributed by atoms with Crippen LogP contribution in [-0.4, -0.2) is 24.0 Å². The molecule has 4 rings (SSSR count). The Morgan fingerprint density at radius 3 is 2.75 bits per heavy atom. The van der Waals surface area contributed by atoms with E-state index in [1.165, 1.54) is 5.56 Å². The maximum absolute atomic E-state index is 13.1. The number of pyridine rings is 1. The van der Waals surface area contributed by atoms with Crippen LogP contribution < -0.4 is 15.0 Å². The highest BCUT2D eigenvalue weighted by atomic mass is 16.5. The summed E-state index contributed by atoms with van der Waals surface area (Å²) in [7, 11) is 1.64. The van der Waals surface area contributed by atoms with E-state index < -0.39 is 0 Å². The smallest absolute Gasteiger partial charge is 0.277 e. The monoisotopic (exact) mass is 373 g/mol. The van der Waals surface area contributed by atoms with Gasteiger partial charge in [0, 0.05) is 11.7 Å². The van der Waals surface area contributed by atoms with Gasteiger partial charge in [0.15, 0.2) is 0 Å². The Labute approximate surface area is 165 Å². The Balaban J connectivity index is 1.56. The number of hydrogen-bond donors (Lipinski definition) is 1. The van der Waals surface area contributed by atoms with E-state index in [0.29, 0.717) is 5.69 Å². The number of methoxy groups -OCH3 is 1. The molecule has 1 unspecified atom stereocenters. The van der Waals surface area contributed by atoms with E-state index in [4.69, 9.17) is 4.74 Å². The molecule has 5 heteroatoms. The van der Waals surface area contributed by atoms with E-state index in [1.54, 1.807) is 19.4 Å². The van der Waals surface area contributed by atoms with Gasteiger partial charge in [-0.05, 0) is 61.7 Å². The lowest BCUT2D eigenvalue weighted by molar-refractivity contribution is 0.0976. The Bertz CT molecular complexity index is 1010. The van der Waals surface area contributed by atoms with Gasteiger partial charge in [0.1, 0.15) is 11.4 Å². The Hall–Kier alpha value is -3.34. The molecule has 0 radical (unpaired) electrons. The van der Waals surface area contributed by atoms with Gasteiger partial charge in [0.25, 0.3) is 5.91 Å². The number of fused-ring (bicyclic) bond motifs is 1. The molecule has 5 nitrogen and oxygen atoms in total. The van der Waals surface area contributed by atoms with Crippen molar-refractivity contribution < 1.29 is 9.53 Å². The van der Waals surface area contributed by atoms with Gasteiger partial charge >= 0.3 is 0 Å². The van der Waals surface area contributed by atoms with E-state index in [2.05, 4.69) is 23.3 Å². The summed E-state index contributed by atoms with van der Waals surface area (Å²) in [6.45, 7) is 4.09. The number of benzene rings is 2. The first-order valence-corrected chi connectivity index (χ1v) is 9.36. The minimum atomic E-state index is -0.0721. The third-order valence-electron chi connectivity index (χ3n) is 5.04. The molecule has 0 bridgehead atoms. The molecule has 3 aromatic rings. The summed E-state index contributed by atoms with van der Waals surface area (Å²) in [4.78, 5) is 19.3. The summed E-state index contributed by atoms with van der Waals surface area (Å²) in [6.07, 6.45) is 2.55. The number of aryl methyl sites for hydroxylation is 1. The number of para-hydroxylation sites is 1. The molecule has 0 saturated heterocycles. The molecule has 1 amide bonds. The van der Waals surface area contributed by atoms with Gasteiger partial charge in [0.05, 0.1) is 24.7 Å². The highest BCUT2D eigenvalue weighted by molar-refractivity contribution is 6.06. The van der Waals surface area contributed by atoms with Crippen LogP contribution in [0.2, 0.25) is 0 Å². The van der Waals surface area contributed by atoms with Crippen LogP contribution >= 0.6 is 0 Å². The van der Waals surface area contributed by atoms with E-state index in [0.717, 1.165) is 34.8 Å². The quantitative estimate of drug-likeness (QED) is 0.718. The minimum absolute atomic E-state index is 0.0721. The molecule has 1 N–H and O–H groups in total. The zero-order valence-corrected chi connectivity index (χ0v) is 16.3. The highest BCUT2D eigenvalue weighted by Gasteiger charge is 2.31. The SMILES string of the molecule is COc1ccc(C)cc1Nc1ccc(C(=O)N2c3ccccc3CC2C)nc1. The number of carbonyl (C=O) groups excluding carboxylic acids is 1. The van der Waals surface area contributed by atoms with Crippen LogP contribution in [0.25, 0.3) is 0 Å². The van der Waals surface area contributed by atoms with E-state index in [9.17, 15) is 4.79 Å². The van der Waals surface area contributed by atoms with Crippen LogP contribution in [0.15, 0.2) is 60.8 Å². The maximum Gasteiger partial charge on any atom is 0.277 e. The molecule has 1 aliphatic heterocycles. The lowest BCUT2D eigenvalue weighted by Gasteiger charge is -2.22. The molecule has 2 heterocycles. The molecule has 142 valence electrons. The number of carbonyl (C=O) groups is 1. The van der Waals surface area contributed by atoms with Gasteiger partial charge in [-0.25, -0.2) is 4.98 Å². The Kier molecular flexibility index (Phi) is 4.74. The lowest BCUT2D eigenvalue weighted by Crippen LogP contribution is -2.36. The van der Waals surface area contributed by atoms with Crippen molar-refractivity contribution in [1.29, 1.82) is 0 Å². The molecule has 28 heavy (non-hydrogen) atoms. The van der Waals surface area contributed by atoms with Crippen molar-refractivity contribution in [2.24, 2.45) is 0 Å². The van der Waals surface area contributed by atoms with Crippen molar-refractivity contribution in [2.45, 2.75) is 26.3 Å². The predicted octanol–water partition coefficient (Wildman–Crippen LogP) is 4.73. The molecule has 1 aliphatic rings. The van der Waals surface area contributed by atoms with E-state index in [-0.39, 0.29) is 11.9 Å². The number of rotatable bonds is 4. The van der Waals surface area contributed by atoms with Crippen molar-refractivity contribution in [3.8, 4) is 5.75 Å². The first-order chi connectivity index (χ1) is 13.6. The minimum Gasteiger partial charge on any atom is -0.495 e. The van der Waals surface area contributed by atoms with Gasteiger partial charge in [0.2, 0.25) is 0 Å². The first-order valence-electron chi connectivity index (χ1n) is 9.36. The number of hydrogen-bond acceptors (Lipinski definition) is 4. The highest BCUT2D eigenvalue weighted by Crippen LogP contribution is 2.33. The number of nitrogens with one attached hydrogen (secondary N) is 1. The van der Waals surface area contributed by atoms with Gasteiger partial charge < -0.3 is 15.0 Å². The van der Waals surface area contributed by atoms with Crippen LogP contribution in [0, 0.1) is 6.92 Å². The molecule has 1 aromatic heterocycles. The second-order valence-electron chi connectivity index (χ2n) is 7.12. The van der Waals surface area contributed by atoms with Crippen molar-refractivity contribution >= 4 is 23.0 Å². The summed E-state index contributed by atoms with van der Waals surface area (Å²) in [5.74, 6) is 0.686. The largest absolute Gasteiger partial charge is 0.495 e. The van der Waals surface area contributed by atoms with Crippen LogP contribution in [0.3, 0.4) is 0 Å². The average Bonchev–Trinajstić information content (AvgIpc) is 3.04. The van der Waals surface area contributed by atoms with Crippen LogP contribution in [-0.2, 0) is 6.42 Å². The predicted molar refractivity (Wildman–Crippen MR) is 112 cm³/mol. The third-order valence-corrected chi connectivity index (χ3v) is 5.04. The number of nitrogens with zero attached hydrogens (tertiary/aromatic N) is 2. The Morgan fingerprint density at radius 2 is 2.00 bits per heavy atom. The van der Waals surface area contributed by atoms with Crippen LogP contribution in [0.4, 0.5) is 17.1 Å². The topological polar surface area (TPSA) is 54.5 Å². The first kappa shape index (κ1) is 18.0. The molecular formula is C23H23N3O2. The standard InChI is InChI=1S/C23H23N3O2/c1-15-8-11-22(28-3)20(12-15)25-18-9-10-19(24-14-18)23(27)26-16(2)13-17-6-4-5-7-21(17)26/h4-12,14,16,25H,13H2,1-3H3. The number of amides is 1. The zero-order chi connectivity index (χ0) is 19.7. The van der Waals surface area contributed by atoms with Gasteiger partial charge in [-0.2, -0.15) is 0 Å². The molecule has 0 aliphatic carbocycles. The average molecular weight is 373 g/mol. The number of aromatic nitrogens is 1. The molecule has 0 fully saturated rings. The fourth-order valence-electron chi connectivity index (χ4n) is 3.67. The second kappa shape index (κ2) is 7.35. The van der Waals surface area contributed by atoms with Crippen LogP contribution in [0.1, 0.15) is 28.5 Å². The van der Waals surface area contributed by atoms with Crippen molar-refractivity contribution in [2.75, 3.05) is 17.3 Å². The fraction of sp³-hybridized carbons (Fsp3) is 0.217. The summed E-state index contributed by atoms with van der Waals surface area (Å²) in [5.41, 5.74) is 5.41. The number of anilines is 3. The molecule has 1 atom stereocenters. The van der Waals surface area contributed by atoms with E-state index >= 15 is 0 Å². The third kappa shape index (κ3) is 3.31. The van der Waals surface area contributed by atoms with E-state index in [1.807, 2.05) is 54.3 Å². The molecular weight excluding hydrogens is 350 g/mol. The summed E-state index contributed by atoms with van der Waals surface area (Å²) in [5, 5.41) is 3.31. The van der Waals surface area contributed by atoms with Gasteiger partial charge in [-0.15, -0.1) is 0 Å². The fourth-order valence-corrected chi connectivity index (χ4v) is 3.67. The summed E-state index contributed by atoms with van der Waals surface area (Å²) in [6, 6.07) is 17.8. The van der Waals surface area contributed by atoms with Crippen molar-refractivity contribution in [3.63, 3.8) is 0 Å². The van der Waals surface area contributed by atoms with Gasteiger partial charge in [-0.3, -0.25) is 4.79 Å². The second-order valence-corrected chi connectivity index (χ2v) is 7.12. The summed E-state index contributed by atoms with van der Waals surface area (Å²) < 4.78 is 5.40. The normalized spacial score (nSPS) is 15.2. The maximum atomic E-state index is 13.1. The van der Waals surface area contributed by atoms with Crippen molar-refractivity contribution in [3.05, 3.63) is 77.6 Å². The number of ether oxygens (including phenoxy) is 1. The molecule has 2 aromatic carbocycles.